The van der Waals surface area contributed by atoms with Crippen LogP contribution >= 0.6 is 0 Å². The molecule has 3 aliphatic rings. The SMILES string of the molecule is C1CC[CH]([Sn]([CH]2CCCCC2)[CH]2CCCCC2)CC1.CCCCCCCCCCCCOS(=O)(=O)O.O.c1ccccc1. The van der Waals surface area contributed by atoms with E-state index in [2.05, 4.69) is 11.1 Å². The Hall–Kier alpha value is -0.151. The number of benzene rings is 1. The van der Waals surface area contributed by atoms with Crippen LogP contribution in [0.4, 0.5) is 0 Å². The molecule has 3 fully saturated rings. The number of hydrogen-bond donors (Lipinski definition) is 1. The summed E-state index contributed by atoms with van der Waals surface area (Å²) in [6.45, 7) is 2.31. The molecule has 0 atom stereocenters. The van der Waals surface area contributed by atoms with Gasteiger partial charge in [0, 0.05) is 0 Å². The van der Waals surface area contributed by atoms with Crippen molar-refractivity contribution in [2.45, 2.75) is 179 Å². The Labute approximate surface area is 273 Å². The fourth-order valence-corrected chi connectivity index (χ4v) is 22.7. The molecule has 7 heteroatoms. The predicted octanol–water partition coefficient (Wildman–Crippen LogP) is 11.1. The van der Waals surface area contributed by atoms with Gasteiger partial charge in [0.2, 0.25) is 0 Å². The summed E-state index contributed by atoms with van der Waals surface area (Å²) in [6, 6.07) is 12.0. The van der Waals surface area contributed by atoms with Gasteiger partial charge in [0.1, 0.15) is 0 Å². The van der Waals surface area contributed by atoms with E-state index in [1.54, 1.807) is 96.3 Å². The van der Waals surface area contributed by atoms with Crippen LogP contribution in [0.5, 0.6) is 0 Å². The molecule has 43 heavy (non-hydrogen) atoms. The Morgan fingerprint density at radius 2 is 0.860 bits per heavy atom. The standard InChI is InChI=1S/C12H26O4S.3C6H11.C6H6.H2O.Sn/c1-2-3-4-5-6-7-8-9-10-11-12-16-17(13,14)15;4*1-2-4-6-5-3-1;;/h2-12H2,1H3,(H,13,14,15);3*1H,2-6H2;1-6H;1H2;. The zero-order valence-electron chi connectivity index (χ0n) is 27.7. The fourth-order valence-electron chi connectivity index (χ4n) is 7.45. The van der Waals surface area contributed by atoms with Gasteiger partial charge in [-0.15, -0.1) is 0 Å². The quantitative estimate of drug-likeness (QED) is 0.110. The predicted molar refractivity (Wildman–Crippen MR) is 186 cm³/mol. The van der Waals surface area contributed by atoms with Gasteiger partial charge < -0.3 is 5.48 Å². The molecule has 3 aliphatic carbocycles. The molecule has 3 N–H and O–H groups in total. The van der Waals surface area contributed by atoms with Gasteiger partial charge in [-0.1, -0.05) is 101 Å². The third-order valence-corrected chi connectivity index (χ3v) is 23.1. The van der Waals surface area contributed by atoms with Crippen molar-refractivity contribution in [3.8, 4) is 0 Å². The van der Waals surface area contributed by atoms with Crippen molar-refractivity contribution in [2.24, 2.45) is 0 Å². The van der Waals surface area contributed by atoms with Crippen molar-refractivity contribution in [1.29, 1.82) is 0 Å². The largest absolute Gasteiger partial charge is 0.412 e. The first kappa shape index (κ1) is 40.9. The first-order valence-electron chi connectivity index (χ1n) is 18.0. The molecule has 0 spiro atoms. The summed E-state index contributed by atoms with van der Waals surface area (Å²) in [5.41, 5.74) is 0. The average Bonchev–Trinajstić information content (AvgIpc) is 3.03. The molecule has 3 saturated carbocycles. The Bertz CT molecular complexity index is 750. The molecule has 0 aromatic heterocycles. The summed E-state index contributed by atoms with van der Waals surface area (Å²) >= 11 is -1.15. The molecule has 0 saturated heterocycles. The van der Waals surface area contributed by atoms with Crippen LogP contribution in [0.15, 0.2) is 36.4 Å². The Kier molecular flexibility index (Phi) is 25.7. The zero-order valence-corrected chi connectivity index (χ0v) is 31.3. The molecule has 251 valence electrons. The van der Waals surface area contributed by atoms with Gasteiger partial charge in [0.15, 0.2) is 0 Å². The van der Waals surface area contributed by atoms with E-state index in [1.165, 1.54) is 56.7 Å². The van der Waals surface area contributed by atoms with Crippen LogP contribution in [0.1, 0.15) is 167 Å². The third-order valence-electron chi connectivity index (χ3n) is 9.63. The summed E-state index contributed by atoms with van der Waals surface area (Å²) in [5.74, 6) is 0. The maximum atomic E-state index is 10.2. The van der Waals surface area contributed by atoms with Crippen LogP contribution in [0.2, 0.25) is 11.8 Å². The molecular formula is C36H67O5SSn. The molecule has 1 aromatic rings. The van der Waals surface area contributed by atoms with Gasteiger partial charge in [-0.25, -0.2) is 4.18 Å². The van der Waals surface area contributed by atoms with E-state index < -0.39 is 30.2 Å². The first-order chi connectivity index (χ1) is 20.5. The van der Waals surface area contributed by atoms with Gasteiger partial charge in [-0.2, -0.15) is 8.42 Å². The van der Waals surface area contributed by atoms with E-state index in [1.807, 2.05) is 36.4 Å². The fraction of sp³-hybridized carbons (Fsp3) is 0.833. The van der Waals surface area contributed by atoms with E-state index in [-0.39, 0.29) is 12.1 Å². The maximum Gasteiger partial charge on any atom is 0.397 e. The van der Waals surface area contributed by atoms with Crippen LogP contribution in [-0.2, 0) is 14.6 Å². The summed E-state index contributed by atoms with van der Waals surface area (Å²) in [4.78, 5) is 0. The second-order valence-corrected chi connectivity index (χ2v) is 24.0. The van der Waals surface area contributed by atoms with E-state index >= 15 is 0 Å². The minimum atomic E-state index is -4.23. The molecule has 0 bridgehead atoms. The normalized spacial score (nSPS) is 18.6. The third kappa shape index (κ3) is 21.3. The van der Waals surface area contributed by atoms with Crippen LogP contribution in [0.25, 0.3) is 0 Å². The first-order valence-corrected chi connectivity index (χ1v) is 24.3. The van der Waals surface area contributed by atoms with Crippen molar-refractivity contribution in [1.82, 2.24) is 0 Å². The van der Waals surface area contributed by atoms with Crippen molar-refractivity contribution >= 4 is 30.2 Å². The van der Waals surface area contributed by atoms with Crippen molar-refractivity contribution in [2.75, 3.05) is 6.61 Å². The number of unbranched alkanes of at least 4 members (excludes halogenated alkanes) is 9. The Morgan fingerprint density at radius 1 is 0.558 bits per heavy atom. The molecule has 0 heterocycles. The Morgan fingerprint density at radius 3 is 1.16 bits per heavy atom. The average molecular weight is 731 g/mol. The Balaban J connectivity index is 0.000000355. The summed E-state index contributed by atoms with van der Waals surface area (Å²) in [5, 5.41) is 0. The van der Waals surface area contributed by atoms with Crippen LogP contribution in [0.3, 0.4) is 0 Å². The van der Waals surface area contributed by atoms with Crippen LogP contribution < -0.4 is 0 Å². The smallest absolute Gasteiger partial charge is 0.397 e. The molecule has 0 amide bonds. The van der Waals surface area contributed by atoms with E-state index in [9.17, 15) is 8.42 Å². The van der Waals surface area contributed by atoms with Crippen molar-refractivity contribution in [3.05, 3.63) is 36.4 Å². The van der Waals surface area contributed by atoms with Gasteiger partial charge in [0.25, 0.3) is 0 Å². The van der Waals surface area contributed by atoms with Gasteiger partial charge >= 0.3 is 138 Å². The maximum absolute atomic E-state index is 10.2. The minimum absolute atomic E-state index is 0. The van der Waals surface area contributed by atoms with Crippen molar-refractivity contribution < 1.29 is 22.6 Å². The minimum Gasteiger partial charge on any atom is -0.412 e. The van der Waals surface area contributed by atoms with Crippen LogP contribution in [-0.4, -0.2) is 44.8 Å². The molecule has 1 aromatic carbocycles. The van der Waals surface area contributed by atoms with Gasteiger partial charge in [-0.3, -0.25) is 4.55 Å². The monoisotopic (exact) mass is 731 g/mol. The van der Waals surface area contributed by atoms with Gasteiger partial charge in [-0.05, 0) is 6.42 Å². The summed E-state index contributed by atoms with van der Waals surface area (Å²) in [6.07, 6.45) is 36.1. The summed E-state index contributed by atoms with van der Waals surface area (Å²) < 4.78 is 37.0. The second kappa shape index (κ2) is 27.0. The topological polar surface area (TPSA) is 95.1 Å². The second-order valence-electron chi connectivity index (χ2n) is 13.1. The number of rotatable bonds is 15. The van der Waals surface area contributed by atoms with E-state index in [0.717, 1.165) is 12.8 Å². The van der Waals surface area contributed by atoms with Gasteiger partial charge in [0.05, 0.1) is 6.61 Å². The van der Waals surface area contributed by atoms with E-state index in [0.29, 0.717) is 6.42 Å². The molecule has 0 aliphatic heterocycles. The zero-order chi connectivity index (χ0) is 30.1. The molecule has 4 rings (SSSR count). The summed E-state index contributed by atoms with van der Waals surface area (Å²) in [7, 11) is -4.23. The molecule has 5 nitrogen and oxygen atoms in total. The van der Waals surface area contributed by atoms with Crippen molar-refractivity contribution in [3.63, 3.8) is 0 Å². The number of hydrogen-bond acceptors (Lipinski definition) is 3. The molecule has 1 radical (unpaired) electrons. The van der Waals surface area contributed by atoms with Crippen LogP contribution in [0, 0.1) is 0 Å². The molecule has 0 unspecified atom stereocenters. The van der Waals surface area contributed by atoms with E-state index in [4.69, 9.17) is 4.55 Å². The molecular weight excluding hydrogens is 663 g/mol.